The monoisotopic (exact) mass is 330 g/mol. The first kappa shape index (κ1) is 16.0. The second kappa shape index (κ2) is 6.18. The maximum Gasteiger partial charge on any atom is 0.416 e. The van der Waals surface area contributed by atoms with Crippen LogP contribution in [0.3, 0.4) is 0 Å². The molecule has 22 heavy (non-hydrogen) atoms. The minimum Gasteiger partial charge on any atom is -0.365 e. The van der Waals surface area contributed by atoms with Crippen LogP contribution in [-0.2, 0) is 12.7 Å². The molecule has 0 fully saturated rings. The molecule has 9 heteroatoms. The molecule has 1 heterocycles. The van der Waals surface area contributed by atoms with Crippen molar-refractivity contribution in [3.63, 3.8) is 0 Å². The van der Waals surface area contributed by atoms with Crippen LogP contribution < -0.4 is 11.1 Å². The molecule has 0 saturated heterocycles. The van der Waals surface area contributed by atoms with Gasteiger partial charge in [0.15, 0.2) is 0 Å². The van der Waals surface area contributed by atoms with Gasteiger partial charge in [0.1, 0.15) is 5.82 Å². The Bertz CT molecular complexity index is 706. The summed E-state index contributed by atoms with van der Waals surface area (Å²) in [6.07, 6.45) is -3.28. The summed E-state index contributed by atoms with van der Waals surface area (Å²) >= 11 is 5.63. The molecule has 5 nitrogen and oxygen atoms in total. The van der Waals surface area contributed by atoms with Crippen molar-refractivity contribution in [1.82, 2.24) is 9.97 Å². The van der Waals surface area contributed by atoms with E-state index in [0.29, 0.717) is 5.56 Å². The van der Waals surface area contributed by atoms with Crippen molar-refractivity contribution in [2.45, 2.75) is 12.7 Å². The molecular weight excluding hydrogens is 321 g/mol. The van der Waals surface area contributed by atoms with E-state index in [1.807, 2.05) is 0 Å². The number of rotatable bonds is 4. The summed E-state index contributed by atoms with van der Waals surface area (Å²) in [6.45, 7) is 0.0115. The highest BCUT2D eigenvalue weighted by Gasteiger charge is 2.30. The topological polar surface area (TPSA) is 80.9 Å². The number of aromatic nitrogens is 2. The minimum atomic E-state index is -4.42. The number of hydrogen-bond acceptors (Lipinski definition) is 4. The van der Waals surface area contributed by atoms with Gasteiger partial charge in [0, 0.05) is 12.7 Å². The van der Waals surface area contributed by atoms with Crippen molar-refractivity contribution >= 4 is 23.3 Å². The SMILES string of the molecule is NC(=O)c1cnc(Cl)nc1NCc1cccc(C(F)(F)F)c1. The lowest BCUT2D eigenvalue weighted by Gasteiger charge is -2.11. The molecule has 1 aromatic carbocycles. The van der Waals surface area contributed by atoms with Crippen LogP contribution in [0, 0.1) is 0 Å². The Balaban J connectivity index is 2.20. The molecular formula is C13H10ClF3N4O. The first-order valence-electron chi connectivity index (χ1n) is 5.99. The Labute approximate surface area is 128 Å². The fourth-order valence-electron chi connectivity index (χ4n) is 1.72. The zero-order valence-electron chi connectivity index (χ0n) is 11.0. The summed E-state index contributed by atoms with van der Waals surface area (Å²) < 4.78 is 37.9. The van der Waals surface area contributed by atoms with E-state index >= 15 is 0 Å². The van der Waals surface area contributed by atoms with Crippen LogP contribution in [0.25, 0.3) is 0 Å². The summed E-state index contributed by atoms with van der Waals surface area (Å²) in [6, 6.07) is 4.77. The lowest BCUT2D eigenvalue weighted by molar-refractivity contribution is -0.137. The van der Waals surface area contributed by atoms with Crippen LogP contribution in [0.15, 0.2) is 30.5 Å². The molecule has 0 spiro atoms. The maximum atomic E-state index is 12.6. The van der Waals surface area contributed by atoms with E-state index < -0.39 is 17.6 Å². The van der Waals surface area contributed by atoms with E-state index in [1.54, 1.807) is 0 Å². The van der Waals surface area contributed by atoms with Crippen LogP contribution in [0.1, 0.15) is 21.5 Å². The number of primary amides is 1. The Morgan fingerprint density at radius 1 is 1.36 bits per heavy atom. The minimum absolute atomic E-state index is 0.00336. The Hall–Kier alpha value is -2.35. The van der Waals surface area contributed by atoms with E-state index in [4.69, 9.17) is 17.3 Å². The molecule has 0 atom stereocenters. The highest BCUT2D eigenvalue weighted by molar-refractivity contribution is 6.28. The Kier molecular flexibility index (Phi) is 4.51. The lowest BCUT2D eigenvalue weighted by Crippen LogP contribution is -2.16. The van der Waals surface area contributed by atoms with Gasteiger partial charge in [-0.05, 0) is 29.3 Å². The molecule has 1 aromatic heterocycles. The van der Waals surface area contributed by atoms with Gasteiger partial charge in [0.2, 0.25) is 5.28 Å². The van der Waals surface area contributed by atoms with Gasteiger partial charge in [-0.15, -0.1) is 0 Å². The van der Waals surface area contributed by atoms with Crippen molar-refractivity contribution in [3.05, 3.63) is 52.4 Å². The fourth-order valence-corrected chi connectivity index (χ4v) is 1.85. The summed E-state index contributed by atoms with van der Waals surface area (Å²) in [5.41, 5.74) is 4.76. The molecule has 1 amide bonds. The van der Waals surface area contributed by atoms with E-state index in [1.165, 1.54) is 12.1 Å². The molecule has 0 aliphatic heterocycles. The van der Waals surface area contributed by atoms with Gasteiger partial charge in [-0.2, -0.15) is 18.2 Å². The maximum absolute atomic E-state index is 12.6. The normalized spacial score (nSPS) is 11.3. The molecule has 0 radical (unpaired) electrons. The number of nitrogens with two attached hydrogens (primary N) is 1. The molecule has 0 saturated carbocycles. The second-order valence-electron chi connectivity index (χ2n) is 4.32. The quantitative estimate of drug-likeness (QED) is 0.845. The van der Waals surface area contributed by atoms with E-state index in [-0.39, 0.29) is 23.2 Å². The average Bonchev–Trinajstić information content (AvgIpc) is 2.44. The molecule has 0 unspecified atom stereocenters. The molecule has 116 valence electrons. The van der Waals surface area contributed by atoms with Gasteiger partial charge in [0.05, 0.1) is 11.1 Å². The predicted molar refractivity (Wildman–Crippen MR) is 74.3 cm³/mol. The number of carbonyl (C=O) groups is 1. The average molecular weight is 331 g/mol. The third-order valence-electron chi connectivity index (χ3n) is 2.74. The Morgan fingerprint density at radius 3 is 2.73 bits per heavy atom. The van der Waals surface area contributed by atoms with Crippen molar-refractivity contribution in [2.24, 2.45) is 5.73 Å². The first-order chi connectivity index (χ1) is 10.3. The van der Waals surface area contributed by atoms with Crippen molar-refractivity contribution in [1.29, 1.82) is 0 Å². The number of halogens is 4. The molecule has 0 aliphatic rings. The molecule has 0 bridgehead atoms. The van der Waals surface area contributed by atoms with Gasteiger partial charge in [-0.3, -0.25) is 4.79 Å². The van der Waals surface area contributed by atoms with E-state index in [0.717, 1.165) is 18.3 Å². The third kappa shape index (κ3) is 3.85. The van der Waals surface area contributed by atoms with Gasteiger partial charge in [-0.1, -0.05) is 12.1 Å². The number of nitrogens with one attached hydrogen (secondary N) is 1. The van der Waals surface area contributed by atoms with E-state index in [2.05, 4.69) is 15.3 Å². The van der Waals surface area contributed by atoms with Crippen LogP contribution in [0.5, 0.6) is 0 Å². The summed E-state index contributed by atoms with van der Waals surface area (Å²) in [5, 5.41) is 2.61. The van der Waals surface area contributed by atoms with Gasteiger partial charge >= 0.3 is 6.18 Å². The number of anilines is 1. The van der Waals surface area contributed by atoms with Crippen LogP contribution in [-0.4, -0.2) is 15.9 Å². The zero-order valence-corrected chi connectivity index (χ0v) is 11.7. The molecule has 0 aliphatic carbocycles. The van der Waals surface area contributed by atoms with Crippen molar-refractivity contribution < 1.29 is 18.0 Å². The summed E-state index contributed by atoms with van der Waals surface area (Å²) in [4.78, 5) is 18.7. The zero-order chi connectivity index (χ0) is 16.3. The lowest BCUT2D eigenvalue weighted by atomic mass is 10.1. The number of amides is 1. The first-order valence-corrected chi connectivity index (χ1v) is 6.37. The molecule has 2 rings (SSSR count). The standard InChI is InChI=1S/C13H10ClF3N4O/c14-12-20-6-9(10(18)22)11(21-12)19-5-7-2-1-3-8(4-7)13(15,16)17/h1-4,6H,5H2,(H2,18,22)(H,19,20,21). The smallest absolute Gasteiger partial charge is 0.365 e. The number of nitrogens with zero attached hydrogens (tertiary/aromatic N) is 2. The number of benzene rings is 1. The second-order valence-corrected chi connectivity index (χ2v) is 4.66. The van der Waals surface area contributed by atoms with Crippen molar-refractivity contribution in [3.8, 4) is 0 Å². The number of carbonyl (C=O) groups excluding carboxylic acids is 1. The van der Waals surface area contributed by atoms with Crippen LogP contribution >= 0.6 is 11.6 Å². The molecule has 2 aromatic rings. The van der Waals surface area contributed by atoms with Crippen LogP contribution in [0.2, 0.25) is 5.28 Å². The van der Waals surface area contributed by atoms with Gasteiger partial charge in [-0.25, -0.2) is 4.98 Å². The highest BCUT2D eigenvalue weighted by Crippen LogP contribution is 2.29. The number of alkyl halides is 3. The number of hydrogen-bond donors (Lipinski definition) is 2. The fraction of sp³-hybridized carbons (Fsp3) is 0.154. The highest BCUT2D eigenvalue weighted by atomic mass is 35.5. The van der Waals surface area contributed by atoms with Crippen LogP contribution in [0.4, 0.5) is 19.0 Å². The third-order valence-corrected chi connectivity index (χ3v) is 2.92. The predicted octanol–water partition coefficient (Wildman–Crippen LogP) is 2.86. The van der Waals surface area contributed by atoms with Gasteiger partial charge < -0.3 is 11.1 Å². The summed E-state index contributed by atoms with van der Waals surface area (Å²) in [7, 11) is 0. The Morgan fingerprint density at radius 2 is 2.09 bits per heavy atom. The largest absolute Gasteiger partial charge is 0.416 e. The van der Waals surface area contributed by atoms with Gasteiger partial charge in [0.25, 0.3) is 5.91 Å². The van der Waals surface area contributed by atoms with Crippen molar-refractivity contribution in [2.75, 3.05) is 5.32 Å². The van der Waals surface area contributed by atoms with E-state index in [9.17, 15) is 18.0 Å². The summed E-state index contributed by atoms with van der Waals surface area (Å²) in [5.74, 6) is -0.715. The molecule has 3 N–H and O–H groups in total.